The van der Waals surface area contributed by atoms with Crippen LogP contribution in [0.15, 0.2) is 18.2 Å². The molecule has 0 aliphatic carbocycles. The Morgan fingerprint density at radius 2 is 2.00 bits per heavy atom. The molecule has 0 fully saturated rings. The molecular formula is C12H11F4NO2. The van der Waals surface area contributed by atoms with Crippen molar-refractivity contribution in [2.24, 2.45) is 0 Å². The number of phenols is 1. The van der Waals surface area contributed by atoms with Crippen LogP contribution in [0.1, 0.15) is 11.1 Å². The Labute approximate surface area is 106 Å². The molecular weight excluding hydrogens is 266 g/mol. The number of hydrogen-bond acceptors (Lipinski definition) is 2. The molecule has 1 N–H and O–H groups in total. The highest BCUT2D eigenvalue weighted by molar-refractivity contribution is 5.84. The van der Waals surface area contributed by atoms with Crippen LogP contribution in [0.5, 0.6) is 5.75 Å². The lowest BCUT2D eigenvalue weighted by molar-refractivity contribution is -0.181. The van der Waals surface area contributed by atoms with E-state index >= 15 is 0 Å². The largest absolute Gasteiger partial charge is 0.508 e. The summed E-state index contributed by atoms with van der Waals surface area (Å²) in [7, 11) is 0. The summed E-state index contributed by atoms with van der Waals surface area (Å²) < 4.78 is 50.3. The molecule has 1 aliphatic heterocycles. The molecule has 0 spiro atoms. The fourth-order valence-corrected chi connectivity index (χ4v) is 2.02. The van der Waals surface area contributed by atoms with Gasteiger partial charge in [0.05, 0.1) is 0 Å². The van der Waals surface area contributed by atoms with Crippen molar-refractivity contribution in [2.75, 3.05) is 6.54 Å². The zero-order chi connectivity index (χ0) is 14.2. The maximum atomic E-state index is 13.0. The Morgan fingerprint density at radius 1 is 1.32 bits per heavy atom. The second-order valence-electron chi connectivity index (χ2n) is 4.35. The Bertz CT molecular complexity index is 505. The molecule has 0 radical (unpaired) electrons. The van der Waals surface area contributed by atoms with Gasteiger partial charge < -0.3 is 10.0 Å². The molecule has 0 bridgehead atoms. The number of nitrogens with zero attached hydrogens (tertiary/aromatic N) is 1. The topological polar surface area (TPSA) is 40.5 Å². The number of fused-ring (bicyclic) bond motifs is 1. The number of carbonyl (C=O) groups is 1. The second-order valence-corrected chi connectivity index (χ2v) is 4.35. The first kappa shape index (κ1) is 13.6. The molecule has 3 nitrogen and oxygen atoms in total. The minimum atomic E-state index is -4.67. The number of alkyl halides is 4. The average molecular weight is 277 g/mol. The third kappa shape index (κ3) is 2.50. The molecule has 2 rings (SSSR count). The number of amides is 1. The molecule has 0 saturated carbocycles. The van der Waals surface area contributed by atoms with Gasteiger partial charge in [0.1, 0.15) is 5.75 Å². The van der Waals surface area contributed by atoms with Crippen LogP contribution in [0, 0.1) is 0 Å². The lowest BCUT2D eigenvalue weighted by Crippen LogP contribution is -2.49. The van der Waals surface area contributed by atoms with Crippen molar-refractivity contribution in [2.45, 2.75) is 25.3 Å². The fraction of sp³-hybridized carbons (Fsp3) is 0.417. The number of benzene rings is 1. The predicted octanol–water partition coefficient (Wildman–Crippen LogP) is 2.18. The number of halogens is 4. The maximum absolute atomic E-state index is 13.0. The van der Waals surface area contributed by atoms with Gasteiger partial charge in [-0.3, -0.25) is 4.79 Å². The van der Waals surface area contributed by atoms with E-state index in [4.69, 9.17) is 0 Å². The number of hydrogen-bond donors (Lipinski definition) is 1. The molecule has 1 heterocycles. The van der Waals surface area contributed by atoms with Gasteiger partial charge in [0.2, 0.25) is 0 Å². The second kappa shape index (κ2) is 4.71. The quantitative estimate of drug-likeness (QED) is 0.842. The first-order valence-corrected chi connectivity index (χ1v) is 5.58. The van der Waals surface area contributed by atoms with Gasteiger partial charge in [-0.2, -0.15) is 8.78 Å². The molecule has 0 saturated heterocycles. The highest BCUT2D eigenvalue weighted by Gasteiger charge is 2.51. The van der Waals surface area contributed by atoms with Gasteiger partial charge >= 0.3 is 12.3 Å². The van der Waals surface area contributed by atoms with Crippen LogP contribution >= 0.6 is 0 Å². The van der Waals surface area contributed by atoms with Gasteiger partial charge in [-0.25, -0.2) is 8.78 Å². The van der Waals surface area contributed by atoms with Crippen LogP contribution < -0.4 is 0 Å². The Kier molecular flexibility index (Phi) is 3.38. The van der Waals surface area contributed by atoms with Gasteiger partial charge in [0.25, 0.3) is 5.91 Å². The maximum Gasteiger partial charge on any atom is 0.383 e. The molecule has 7 heteroatoms. The Morgan fingerprint density at radius 3 is 2.63 bits per heavy atom. The zero-order valence-corrected chi connectivity index (χ0v) is 9.75. The lowest BCUT2D eigenvalue weighted by atomic mass is 9.99. The fourth-order valence-electron chi connectivity index (χ4n) is 2.02. The van der Waals surface area contributed by atoms with E-state index in [0.717, 1.165) is 5.56 Å². The minimum absolute atomic E-state index is 0.0427. The molecule has 1 aromatic rings. The van der Waals surface area contributed by atoms with Crippen LogP contribution in [0.25, 0.3) is 0 Å². The molecule has 1 aliphatic rings. The zero-order valence-electron chi connectivity index (χ0n) is 9.75. The molecule has 0 atom stereocenters. The Balaban J connectivity index is 2.20. The first-order valence-electron chi connectivity index (χ1n) is 5.58. The molecule has 19 heavy (non-hydrogen) atoms. The van der Waals surface area contributed by atoms with Crippen molar-refractivity contribution in [3.05, 3.63) is 29.3 Å². The van der Waals surface area contributed by atoms with Crippen LogP contribution in [0.2, 0.25) is 0 Å². The van der Waals surface area contributed by atoms with Gasteiger partial charge in [-0.05, 0) is 29.7 Å². The third-order valence-electron chi connectivity index (χ3n) is 3.05. The number of rotatable bonds is 2. The van der Waals surface area contributed by atoms with Crippen LogP contribution in [-0.4, -0.2) is 34.8 Å². The van der Waals surface area contributed by atoms with Crippen molar-refractivity contribution in [3.63, 3.8) is 0 Å². The SMILES string of the molecule is O=C(N1CCc2ccc(O)cc2C1)C(F)(F)C(F)F. The van der Waals surface area contributed by atoms with Crippen LogP contribution in [-0.2, 0) is 17.8 Å². The molecule has 1 aromatic carbocycles. The van der Waals surface area contributed by atoms with Crippen molar-refractivity contribution >= 4 is 5.91 Å². The van der Waals surface area contributed by atoms with Gasteiger partial charge in [-0.15, -0.1) is 0 Å². The summed E-state index contributed by atoms with van der Waals surface area (Å²) in [5, 5.41) is 9.29. The molecule has 0 aromatic heterocycles. The highest BCUT2D eigenvalue weighted by Crippen LogP contribution is 2.29. The molecule has 1 amide bonds. The van der Waals surface area contributed by atoms with E-state index in [1.807, 2.05) is 0 Å². The smallest absolute Gasteiger partial charge is 0.383 e. The standard InChI is InChI=1S/C12H11F4NO2/c13-10(14)12(15,16)11(19)17-4-3-7-1-2-9(18)5-8(7)6-17/h1-2,5,10,18H,3-4,6H2. The summed E-state index contributed by atoms with van der Waals surface area (Å²) in [5.41, 5.74) is 1.30. The summed E-state index contributed by atoms with van der Waals surface area (Å²) in [6, 6.07) is 4.41. The van der Waals surface area contributed by atoms with E-state index < -0.39 is 18.3 Å². The van der Waals surface area contributed by atoms with Gasteiger partial charge in [0, 0.05) is 13.1 Å². The number of aromatic hydroxyl groups is 1. The third-order valence-corrected chi connectivity index (χ3v) is 3.05. The predicted molar refractivity (Wildman–Crippen MR) is 58.2 cm³/mol. The summed E-state index contributed by atoms with van der Waals surface area (Å²) in [6.45, 7) is -0.246. The van der Waals surface area contributed by atoms with E-state index in [-0.39, 0.29) is 18.8 Å². The highest BCUT2D eigenvalue weighted by atomic mass is 19.3. The number of phenolic OH excluding ortho intramolecular Hbond substituents is 1. The van der Waals surface area contributed by atoms with Gasteiger partial charge in [-0.1, -0.05) is 6.07 Å². The van der Waals surface area contributed by atoms with Crippen molar-refractivity contribution in [1.82, 2.24) is 4.90 Å². The van der Waals surface area contributed by atoms with Crippen LogP contribution in [0.3, 0.4) is 0 Å². The first-order chi connectivity index (χ1) is 8.82. The van der Waals surface area contributed by atoms with Crippen molar-refractivity contribution < 1.29 is 27.5 Å². The number of carbonyl (C=O) groups excluding carboxylic acids is 1. The summed E-state index contributed by atoms with van der Waals surface area (Å²) in [5.74, 6) is -6.61. The Hall–Kier alpha value is -1.79. The molecule has 0 unspecified atom stereocenters. The van der Waals surface area contributed by atoms with E-state index in [1.165, 1.54) is 12.1 Å². The van der Waals surface area contributed by atoms with E-state index in [2.05, 4.69) is 0 Å². The van der Waals surface area contributed by atoms with E-state index in [9.17, 15) is 27.5 Å². The van der Waals surface area contributed by atoms with Crippen LogP contribution in [0.4, 0.5) is 17.6 Å². The lowest BCUT2D eigenvalue weighted by Gasteiger charge is -2.31. The summed E-state index contributed by atoms with van der Waals surface area (Å²) in [6.07, 6.45) is -3.73. The summed E-state index contributed by atoms with van der Waals surface area (Å²) in [4.78, 5) is 12.1. The van der Waals surface area contributed by atoms with Gasteiger partial charge in [0.15, 0.2) is 0 Å². The monoisotopic (exact) mass is 277 g/mol. The van der Waals surface area contributed by atoms with Crippen molar-refractivity contribution in [3.8, 4) is 5.75 Å². The summed E-state index contributed by atoms with van der Waals surface area (Å²) >= 11 is 0. The normalized spacial score (nSPS) is 15.5. The van der Waals surface area contributed by atoms with E-state index in [1.54, 1.807) is 6.07 Å². The molecule has 104 valence electrons. The minimum Gasteiger partial charge on any atom is -0.508 e. The average Bonchev–Trinajstić information content (AvgIpc) is 2.36. The van der Waals surface area contributed by atoms with Crippen molar-refractivity contribution in [1.29, 1.82) is 0 Å². The van der Waals surface area contributed by atoms with E-state index in [0.29, 0.717) is 16.9 Å².